The van der Waals surface area contributed by atoms with Gasteiger partial charge < -0.3 is 9.66 Å². The molecule has 0 spiro atoms. The van der Waals surface area contributed by atoms with Crippen molar-refractivity contribution < 1.29 is 14.5 Å². The molecule has 0 radical (unpaired) electrons. The molecule has 2 rings (SSSR count). The Balaban J connectivity index is 2.50. The smallest absolute Gasteiger partial charge is 0.335 e. The van der Waals surface area contributed by atoms with Crippen molar-refractivity contribution in [2.45, 2.75) is 4.90 Å². The van der Waals surface area contributed by atoms with Gasteiger partial charge in [-0.25, -0.2) is 9.52 Å². The maximum Gasteiger partial charge on any atom is 0.335 e. The SMILES string of the molecule is O=C(O)c1ccc2c(c1)C=CN[S+]2[O-]. The van der Waals surface area contributed by atoms with Gasteiger partial charge in [0.05, 0.1) is 5.56 Å². The summed E-state index contributed by atoms with van der Waals surface area (Å²) in [6.07, 6.45) is 3.24. The van der Waals surface area contributed by atoms with Gasteiger partial charge in [-0.3, -0.25) is 0 Å². The Morgan fingerprint density at radius 2 is 2.29 bits per heavy atom. The fourth-order valence-corrected chi connectivity index (χ4v) is 2.08. The Morgan fingerprint density at radius 1 is 1.50 bits per heavy atom. The molecule has 0 amide bonds. The average Bonchev–Trinajstić information content (AvgIpc) is 2.17. The van der Waals surface area contributed by atoms with Crippen LogP contribution in [0, 0.1) is 0 Å². The van der Waals surface area contributed by atoms with Crippen LogP contribution in [0.15, 0.2) is 29.3 Å². The van der Waals surface area contributed by atoms with E-state index in [0.29, 0.717) is 10.5 Å². The van der Waals surface area contributed by atoms with E-state index in [9.17, 15) is 9.35 Å². The number of nitrogens with one attached hydrogen (secondary N) is 1. The van der Waals surface area contributed by atoms with Crippen molar-refractivity contribution in [3.05, 3.63) is 35.5 Å². The summed E-state index contributed by atoms with van der Waals surface area (Å²) in [5, 5.41) is 8.74. The summed E-state index contributed by atoms with van der Waals surface area (Å²) in [4.78, 5) is 11.3. The molecular formula is C9H7NO3S. The molecule has 14 heavy (non-hydrogen) atoms. The molecule has 0 bridgehead atoms. The molecule has 2 N–H and O–H groups in total. The Kier molecular flexibility index (Phi) is 2.18. The molecule has 0 aliphatic carbocycles. The monoisotopic (exact) mass is 209 g/mol. The van der Waals surface area contributed by atoms with Crippen LogP contribution < -0.4 is 4.72 Å². The highest BCUT2D eigenvalue weighted by atomic mass is 32.2. The van der Waals surface area contributed by atoms with Crippen LogP contribution >= 0.6 is 0 Å². The van der Waals surface area contributed by atoms with Crippen LogP contribution in [0.25, 0.3) is 6.08 Å². The minimum absolute atomic E-state index is 0.201. The normalized spacial score (nSPS) is 18.5. The predicted molar refractivity (Wildman–Crippen MR) is 52.0 cm³/mol. The summed E-state index contributed by atoms with van der Waals surface area (Å²) in [7, 11) is 0. The predicted octanol–water partition coefficient (Wildman–Crippen LogP) is 0.981. The molecule has 1 unspecified atom stereocenters. The number of rotatable bonds is 1. The highest BCUT2D eigenvalue weighted by Crippen LogP contribution is 2.21. The summed E-state index contributed by atoms with van der Waals surface area (Å²) >= 11 is -1.27. The minimum atomic E-state index is -1.27. The van der Waals surface area contributed by atoms with Gasteiger partial charge in [-0.2, -0.15) is 0 Å². The van der Waals surface area contributed by atoms with Gasteiger partial charge in [-0.15, -0.1) is 0 Å². The first-order valence-electron chi connectivity index (χ1n) is 3.90. The number of benzene rings is 1. The van der Waals surface area contributed by atoms with Crippen LogP contribution in [0.4, 0.5) is 0 Å². The maximum atomic E-state index is 11.4. The lowest BCUT2D eigenvalue weighted by Gasteiger charge is -2.14. The molecule has 1 aromatic carbocycles. The zero-order chi connectivity index (χ0) is 10.1. The second kappa shape index (κ2) is 3.36. The third-order valence-electron chi connectivity index (χ3n) is 1.89. The lowest BCUT2D eigenvalue weighted by Crippen LogP contribution is -2.21. The highest BCUT2D eigenvalue weighted by Gasteiger charge is 2.19. The molecular weight excluding hydrogens is 202 g/mol. The number of carboxylic acids is 1. The summed E-state index contributed by atoms with van der Waals surface area (Å²) in [6.45, 7) is 0. The topological polar surface area (TPSA) is 72.4 Å². The third-order valence-corrected chi connectivity index (χ3v) is 3.02. The van der Waals surface area contributed by atoms with Crippen molar-refractivity contribution in [1.29, 1.82) is 0 Å². The van der Waals surface area contributed by atoms with Crippen molar-refractivity contribution in [3.8, 4) is 0 Å². The van der Waals surface area contributed by atoms with Gasteiger partial charge in [0.1, 0.15) is 11.4 Å². The van der Waals surface area contributed by atoms with E-state index in [1.54, 1.807) is 18.3 Å². The molecule has 1 aliphatic rings. The van der Waals surface area contributed by atoms with Gasteiger partial charge in [-0.05, 0) is 24.3 Å². The summed E-state index contributed by atoms with van der Waals surface area (Å²) in [5.74, 6) is -0.981. The first-order chi connectivity index (χ1) is 6.68. The Bertz CT molecular complexity index is 417. The first-order valence-corrected chi connectivity index (χ1v) is 5.05. The molecule has 4 nitrogen and oxygen atoms in total. The van der Waals surface area contributed by atoms with Crippen LogP contribution in [0.2, 0.25) is 0 Å². The van der Waals surface area contributed by atoms with E-state index in [1.807, 2.05) is 0 Å². The fraction of sp³-hybridized carbons (Fsp3) is 0. The van der Waals surface area contributed by atoms with E-state index in [4.69, 9.17) is 5.11 Å². The second-order valence-electron chi connectivity index (χ2n) is 2.78. The summed E-state index contributed by atoms with van der Waals surface area (Å²) < 4.78 is 14.0. The van der Waals surface area contributed by atoms with Crippen LogP contribution in [-0.2, 0) is 11.4 Å². The van der Waals surface area contributed by atoms with Crippen LogP contribution in [0.5, 0.6) is 0 Å². The van der Waals surface area contributed by atoms with E-state index in [-0.39, 0.29) is 5.56 Å². The molecule has 5 heteroatoms. The largest absolute Gasteiger partial charge is 0.588 e. The minimum Gasteiger partial charge on any atom is -0.588 e. The van der Waals surface area contributed by atoms with Crippen molar-refractivity contribution in [2.75, 3.05) is 0 Å². The highest BCUT2D eigenvalue weighted by molar-refractivity contribution is 7.89. The average molecular weight is 209 g/mol. The van der Waals surface area contributed by atoms with Crippen molar-refractivity contribution in [3.63, 3.8) is 0 Å². The number of carbonyl (C=O) groups is 1. The molecule has 1 aliphatic heterocycles. The van der Waals surface area contributed by atoms with E-state index < -0.39 is 17.3 Å². The van der Waals surface area contributed by atoms with Gasteiger partial charge in [0, 0.05) is 11.8 Å². The quantitative estimate of drug-likeness (QED) is 0.676. The Labute approximate surface area is 83.6 Å². The van der Waals surface area contributed by atoms with Crippen molar-refractivity contribution in [2.24, 2.45) is 0 Å². The van der Waals surface area contributed by atoms with E-state index in [2.05, 4.69) is 4.72 Å². The van der Waals surface area contributed by atoms with Crippen LogP contribution in [0.3, 0.4) is 0 Å². The molecule has 0 saturated heterocycles. The van der Waals surface area contributed by atoms with Crippen molar-refractivity contribution in [1.82, 2.24) is 4.72 Å². The lowest BCUT2D eigenvalue weighted by atomic mass is 10.1. The van der Waals surface area contributed by atoms with Crippen molar-refractivity contribution >= 4 is 23.4 Å². The van der Waals surface area contributed by atoms with Gasteiger partial charge >= 0.3 is 5.97 Å². The Morgan fingerprint density at radius 3 is 3.00 bits per heavy atom. The number of hydrogen-bond acceptors (Lipinski definition) is 3. The number of hydrogen-bond donors (Lipinski definition) is 2. The molecule has 1 atom stereocenters. The lowest BCUT2D eigenvalue weighted by molar-refractivity contribution is 0.0696. The third kappa shape index (κ3) is 1.47. The summed E-state index contributed by atoms with van der Waals surface area (Å²) in [5.41, 5.74) is 0.884. The van der Waals surface area contributed by atoms with Crippen LogP contribution in [0.1, 0.15) is 15.9 Å². The number of carboxylic acid groups (broad SMARTS) is 1. The van der Waals surface area contributed by atoms with E-state index in [0.717, 1.165) is 0 Å². The standard InChI is InChI=1S/C9H7NO3S/c11-9(12)7-1-2-8-6(5-7)3-4-10-14(8)13/h1-5,10H,(H,11,12). The number of aromatic carboxylic acids is 1. The van der Waals surface area contributed by atoms with Gasteiger partial charge in [0.2, 0.25) is 0 Å². The molecule has 1 aromatic rings. The molecule has 0 aromatic heterocycles. The van der Waals surface area contributed by atoms with Gasteiger partial charge in [-0.1, -0.05) is 0 Å². The van der Waals surface area contributed by atoms with E-state index in [1.165, 1.54) is 12.1 Å². The zero-order valence-electron chi connectivity index (χ0n) is 7.06. The second-order valence-corrected chi connectivity index (χ2v) is 3.99. The molecule has 72 valence electrons. The molecule has 1 heterocycles. The van der Waals surface area contributed by atoms with E-state index >= 15 is 0 Å². The number of fused-ring (bicyclic) bond motifs is 1. The van der Waals surface area contributed by atoms with Crippen LogP contribution in [-0.4, -0.2) is 15.6 Å². The van der Waals surface area contributed by atoms with Gasteiger partial charge in [0.15, 0.2) is 4.90 Å². The first kappa shape index (κ1) is 9.11. The fourth-order valence-electron chi connectivity index (χ4n) is 1.23. The Hall–Kier alpha value is -1.46. The maximum absolute atomic E-state index is 11.4. The zero-order valence-corrected chi connectivity index (χ0v) is 7.88. The molecule has 0 saturated carbocycles. The summed E-state index contributed by atoms with van der Waals surface area (Å²) in [6, 6.07) is 4.51. The van der Waals surface area contributed by atoms with Gasteiger partial charge in [0.25, 0.3) is 0 Å². The molecule has 0 fully saturated rings.